The molecule has 0 saturated carbocycles. The van der Waals surface area contributed by atoms with Gasteiger partial charge in [-0.1, -0.05) is 11.3 Å². The number of rotatable bonds is 5. The number of thiazole rings is 1. The van der Waals surface area contributed by atoms with Crippen molar-refractivity contribution in [2.24, 2.45) is 0 Å². The second kappa shape index (κ2) is 6.15. The van der Waals surface area contributed by atoms with E-state index in [-0.39, 0.29) is 16.9 Å². The average molecular weight is 270 g/mol. The summed E-state index contributed by atoms with van der Waals surface area (Å²) in [6, 6.07) is 0. The van der Waals surface area contributed by atoms with E-state index in [0.717, 1.165) is 25.1 Å². The molecule has 100 valence electrons. The number of ether oxygens (including phenoxy) is 1. The molecule has 1 aromatic rings. The van der Waals surface area contributed by atoms with Crippen molar-refractivity contribution in [3.8, 4) is 0 Å². The first-order chi connectivity index (χ1) is 8.66. The van der Waals surface area contributed by atoms with E-state index in [1.165, 1.54) is 11.3 Å². The summed E-state index contributed by atoms with van der Waals surface area (Å²) in [5.41, 5.74) is 0.914. The molecule has 0 radical (unpaired) electrons. The van der Waals surface area contributed by atoms with E-state index >= 15 is 0 Å². The molecule has 0 spiro atoms. The van der Waals surface area contributed by atoms with Crippen molar-refractivity contribution in [3.63, 3.8) is 0 Å². The number of carbonyl (C=O) groups is 1. The lowest BCUT2D eigenvalue weighted by molar-refractivity contribution is -0.121. The van der Waals surface area contributed by atoms with Crippen LogP contribution in [0.1, 0.15) is 25.0 Å². The van der Waals surface area contributed by atoms with Crippen molar-refractivity contribution in [1.29, 1.82) is 0 Å². The molecule has 1 aromatic heterocycles. The van der Waals surface area contributed by atoms with Crippen LogP contribution in [-0.4, -0.2) is 29.7 Å². The number of aromatic nitrogens is 1. The molecule has 0 aliphatic carbocycles. The summed E-state index contributed by atoms with van der Waals surface area (Å²) in [4.78, 5) is 23.1. The van der Waals surface area contributed by atoms with E-state index < -0.39 is 0 Å². The summed E-state index contributed by atoms with van der Waals surface area (Å²) in [5.74, 6) is -0.0250. The van der Waals surface area contributed by atoms with Gasteiger partial charge in [-0.05, 0) is 19.8 Å². The quantitative estimate of drug-likeness (QED) is 0.865. The number of hydrogen-bond acceptors (Lipinski definition) is 4. The van der Waals surface area contributed by atoms with Crippen molar-refractivity contribution in [3.05, 3.63) is 20.7 Å². The third kappa shape index (κ3) is 3.43. The summed E-state index contributed by atoms with van der Waals surface area (Å²) in [6.07, 6.45) is 2.59. The maximum absolute atomic E-state index is 11.6. The molecule has 0 aromatic carbocycles. The van der Waals surface area contributed by atoms with Gasteiger partial charge in [0.25, 0.3) is 0 Å². The van der Waals surface area contributed by atoms with Gasteiger partial charge in [-0.25, -0.2) is 0 Å². The van der Waals surface area contributed by atoms with Gasteiger partial charge in [-0.15, -0.1) is 0 Å². The molecule has 1 saturated heterocycles. The van der Waals surface area contributed by atoms with Gasteiger partial charge in [0.2, 0.25) is 5.91 Å². The van der Waals surface area contributed by atoms with E-state index in [1.807, 2.05) is 12.3 Å². The van der Waals surface area contributed by atoms with Gasteiger partial charge in [0, 0.05) is 37.2 Å². The first kappa shape index (κ1) is 13.3. The van der Waals surface area contributed by atoms with Crippen molar-refractivity contribution < 1.29 is 9.53 Å². The highest BCUT2D eigenvalue weighted by Gasteiger charge is 2.16. The molecule has 0 unspecified atom stereocenters. The molecular weight excluding hydrogens is 252 g/mol. The van der Waals surface area contributed by atoms with E-state index in [4.69, 9.17) is 4.74 Å². The number of carbonyl (C=O) groups excluding carboxylic acids is 1. The van der Waals surface area contributed by atoms with Crippen molar-refractivity contribution in [2.75, 3.05) is 13.2 Å². The van der Waals surface area contributed by atoms with Gasteiger partial charge in [-0.2, -0.15) is 0 Å². The Balaban J connectivity index is 1.73. The normalized spacial score (nSPS) is 19.1. The topological polar surface area (TPSA) is 60.3 Å². The lowest BCUT2D eigenvalue weighted by Crippen LogP contribution is -2.32. The van der Waals surface area contributed by atoms with Gasteiger partial charge in [-0.3, -0.25) is 9.59 Å². The minimum Gasteiger partial charge on any atom is -0.376 e. The summed E-state index contributed by atoms with van der Waals surface area (Å²) in [6.45, 7) is 3.70. The van der Waals surface area contributed by atoms with Gasteiger partial charge >= 0.3 is 4.87 Å². The fourth-order valence-electron chi connectivity index (χ4n) is 2.01. The predicted octanol–water partition coefficient (Wildman–Crippen LogP) is 0.904. The molecule has 1 amide bonds. The van der Waals surface area contributed by atoms with Crippen LogP contribution in [0.15, 0.2) is 10.2 Å². The molecule has 1 atom stereocenters. The minimum absolute atomic E-state index is 0.000531. The van der Waals surface area contributed by atoms with Crippen LogP contribution in [-0.2, 0) is 16.1 Å². The zero-order valence-corrected chi connectivity index (χ0v) is 11.3. The first-order valence-corrected chi connectivity index (χ1v) is 7.08. The Labute approximate surface area is 110 Å². The Hall–Kier alpha value is -1.14. The van der Waals surface area contributed by atoms with Crippen LogP contribution in [0.2, 0.25) is 0 Å². The lowest BCUT2D eigenvalue weighted by Gasteiger charge is -2.11. The van der Waals surface area contributed by atoms with Crippen LogP contribution in [0.3, 0.4) is 0 Å². The van der Waals surface area contributed by atoms with E-state index in [9.17, 15) is 9.59 Å². The number of aryl methyl sites for hydroxylation is 1. The maximum Gasteiger partial charge on any atom is 0.307 e. The molecule has 0 bridgehead atoms. The Kier molecular flexibility index (Phi) is 4.54. The monoisotopic (exact) mass is 270 g/mol. The molecule has 5 nitrogen and oxygen atoms in total. The zero-order chi connectivity index (χ0) is 13.0. The van der Waals surface area contributed by atoms with Gasteiger partial charge in [0.15, 0.2) is 0 Å². The molecule has 1 fully saturated rings. The second-order valence-corrected chi connectivity index (χ2v) is 5.30. The fraction of sp³-hybridized carbons (Fsp3) is 0.667. The molecule has 1 aliphatic heterocycles. The van der Waals surface area contributed by atoms with Crippen molar-refractivity contribution >= 4 is 17.2 Å². The van der Waals surface area contributed by atoms with Gasteiger partial charge in [0.05, 0.1) is 6.10 Å². The highest BCUT2D eigenvalue weighted by molar-refractivity contribution is 7.07. The maximum atomic E-state index is 11.6. The second-order valence-electron chi connectivity index (χ2n) is 4.48. The Morgan fingerprint density at radius 1 is 1.67 bits per heavy atom. The number of amides is 1. The highest BCUT2D eigenvalue weighted by atomic mass is 32.1. The Morgan fingerprint density at radius 2 is 2.50 bits per heavy atom. The van der Waals surface area contributed by atoms with Crippen molar-refractivity contribution in [1.82, 2.24) is 9.88 Å². The summed E-state index contributed by atoms with van der Waals surface area (Å²) in [7, 11) is 0. The van der Waals surface area contributed by atoms with E-state index in [0.29, 0.717) is 19.5 Å². The number of nitrogens with zero attached hydrogens (tertiary/aromatic N) is 1. The largest absolute Gasteiger partial charge is 0.376 e. The van der Waals surface area contributed by atoms with E-state index in [2.05, 4.69) is 5.32 Å². The fourth-order valence-corrected chi connectivity index (χ4v) is 2.77. The number of hydrogen-bond donors (Lipinski definition) is 1. The van der Waals surface area contributed by atoms with Gasteiger partial charge in [0.1, 0.15) is 0 Å². The molecule has 1 aliphatic rings. The lowest BCUT2D eigenvalue weighted by atomic mass is 10.2. The third-order valence-electron chi connectivity index (χ3n) is 3.09. The Morgan fingerprint density at radius 3 is 3.11 bits per heavy atom. The molecule has 2 rings (SSSR count). The SMILES string of the molecule is Cc1csc(=O)n1CCC(=O)NC[C@@H]1CCCO1. The van der Waals surface area contributed by atoms with Crippen LogP contribution >= 0.6 is 11.3 Å². The smallest absolute Gasteiger partial charge is 0.307 e. The molecular formula is C12H18N2O3S. The van der Waals surface area contributed by atoms with Crippen LogP contribution in [0.25, 0.3) is 0 Å². The van der Waals surface area contributed by atoms with Crippen molar-refractivity contribution in [2.45, 2.75) is 38.8 Å². The van der Waals surface area contributed by atoms with Crippen LogP contribution in [0.5, 0.6) is 0 Å². The number of nitrogens with one attached hydrogen (secondary N) is 1. The Bertz CT molecular complexity index is 460. The standard InChI is InChI=1S/C12H18N2O3S/c1-9-8-18-12(16)14(9)5-4-11(15)13-7-10-3-2-6-17-10/h8,10H,2-7H2,1H3,(H,13,15)/t10-/m0/s1. The average Bonchev–Trinajstić information content (AvgIpc) is 2.96. The zero-order valence-electron chi connectivity index (χ0n) is 10.5. The summed E-state index contributed by atoms with van der Waals surface area (Å²) < 4.78 is 7.06. The molecule has 6 heteroatoms. The first-order valence-electron chi connectivity index (χ1n) is 6.20. The predicted molar refractivity (Wildman–Crippen MR) is 69.9 cm³/mol. The minimum atomic E-state index is -0.0250. The van der Waals surface area contributed by atoms with E-state index in [1.54, 1.807) is 4.57 Å². The van der Waals surface area contributed by atoms with Gasteiger partial charge < -0.3 is 14.6 Å². The van der Waals surface area contributed by atoms with Crippen LogP contribution in [0, 0.1) is 6.92 Å². The summed E-state index contributed by atoms with van der Waals surface area (Å²) >= 11 is 1.17. The molecule has 18 heavy (non-hydrogen) atoms. The molecule has 2 heterocycles. The summed E-state index contributed by atoms with van der Waals surface area (Å²) in [5, 5.41) is 4.66. The van der Waals surface area contributed by atoms with Crippen LogP contribution < -0.4 is 10.2 Å². The highest BCUT2D eigenvalue weighted by Crippen LogP contribution is 2.10. The third-order valence-corrected chi connectivity index (χ3v) is 3.97. The molecule has 1 N–H and O–H groups in total. The van der Waals surface area contributed by atoms with Crippen LogP contribution in [0.4, 0.5) is 0 Å².